The summed E-state index contributed by atoms with van der Waals surface area (Å²) in [6, 6.07) is 2.15. The van der Waals surface area contributed by atoms with E-state index in [0.29, 0.717) is 12.1 Å². The zero-order valence-corrected chi connectivity index (χ0v) is 13.8. The van der Waals surface area contributed by atoms with Gasteiger partial charge >= 0.3 is 0 Å². The number of hydrogen-bond donors (Lipinski definition) is 1. The van der Waals surface area contributed by atoms with Gasteiger partial charge in [0.25, 0.3) is 0 Å². The first-order valence-electron chi connectivity index (χ1n) is 8.18. The van der Waals surface area contributed by atoms with E-state index in [1.54, 1.807) is 0 Å². The van der Waals surface area contributed by atoms with Gasteiger partial charge in [0, 0.05) is 18.1 Å². The van der Waals surface area contributed by atoms with Crippen molar-refractivity contribution in [3.63, 3.8) is 0 Å². The topological polar surface area (TPSA) is 18.5 Å². The van der Waals surface area contributed by atoms with E-state index in [0.717, 1.165) is 6.04 Å². The van der Waals surface area contributed by atoms with Gasteiger partial charge in [0.1, 0.15) is 0 Å². The lowest BCUT2D eigenvalue weighted by molar-refractivity contribution is 0.161. The number of piperidine rings is 1. The third-order valence-electron chi connectivity index (χ3n) is 4.51. The highest BCUT2D eigenvalue weighted by Crippen LogP contribution is 2.12. The number of nitrogens with zero attached hydrogens (tertiary/aromatic N) is 2. The highest BCUT2D eigenvalue weighted by atomic mass is 15.2. The molecule has 0 radical (unpaired) electrons. The fourth-order valence-electron chi connectivity index (χ4n) is 2.67. The average Bonchev–Trinajstić information content (AvgIpc) is 2.38. The Morgan fingerprint density at radius 3 is 2.26 bits per heavy atom. The molecule has 0 aromatic carbocycles. The first-order chi connectivity index (χ1) is 9.00. The molecule has 1 rings (SSSR count). The number of nitrogens with one attached hydrogen (secondary N) is 1. The summed E-state index contributed by atoms with van der Waals surface area (Å²) in [7, 11) is 2.22. The Kier molecular flexibility index (Phi) is 7.96. The number of unbranched alkanes of at least 4 members (excludes halogenated alkanes) is 1. The molecule has 3 nitrogen and oxygen atoms in total. The van der Waals surface area contributed by atoms with E-state index in [9.17, 15) is 0 Å². The van der Waals surface area contributed by atoms with Crippen molar-refractivity contribution in [3.8, 4) is 0 Å². The lowest BCUT2D eigenvalue weighted by Gasteiger charge is -2.35. The van der Waals surface area contributed by atoms with Crippen molar-refractivity contribution >= 4 is 0 Å². The van der Waals surface area contributed by atoms with Gasteiger partial charge in [-0.25, -0.2) is 0 Å². The van der Waals surface area contributed by atoms with Crippen molar-refractivity contribution < 1.29 is 0 Å². The molecular formula is C16H35N3. The monoisotopic (exact) mass is 269 g/mol. The van der Waals surface area contributed by atoms with Crippen LogP contribution in [0.1, 0.15) is 53.4 Å². The summed E-state index contributed by atoms with van der Waals surface area (Å²) in [5.74, 6) is 0. The molecule has 0 saturated carbocycles. The van der Waals surface area contributed by atoms with Crippen molar-refractivity contribution in [2.45, 2.75) is 71.5 Å². The van der Waals surface area contributed by atoms with Crippen molar-refractivity contribution in [3.05, 3.63) is 0 Å². The van der Waals surface area contributed by atoms with E-state index in [-0.39, 0.29) is 0 Å². The maximum Gasteiger partial charge on any atom is 0.00914 e. The van der Waals surface area contributed by atoms with Gasteiger partial charge in [-0.1, -0.05) is 0 Å². The summed E-state index contributed by atoms with van der Waals surface area (Å²) in [4.78, 5) is 5.02. The third-order valence-corrected chi connectivity index (χ3v) is 4.51. The maximum absolute atomic E-state index is 3.74. The van der Waals surface area contributed by atoms with Gasteiger partial charge in [-0.2, -0.15) is 0 Å². The van der Waals surface area contributed by atoms with Crippen LogP contribution in [0.3, 0.4) is 0 Å². The molecule has 0 amide bonds. The second-order valence-corrected chi connectivity index (χ2v) is 6.64. The smallest absolute Gasteiger partial charge is 0.00914 e. The van der Waals surface area contributed by atoms with Crippen LogP contribution in [0.25, 0.3) is 0 Å². The molecule has 1 saturated heterocycles. The Morgan fingerprint density at radius 1 is 1.11 bits per heavy atom. The number of rotatable bonds is 8. The standard InChI is InChI=1S/C16H35N3/c1-14(2)18(5)11-7-6-10-17-16-8-12-19(13-9-16)15(3)4/h14-17H,6-13H2,1-5H3. The Morgan fingerprint density at radius 2 is 1.74 bits per heavy atom. The second-order valence-electron chi connectivity index (χ2n) is 6.64. The summed E-state index contributed by atoms with van der Waals surface area (Å²) in [5.41, 5.74) is 0. The van der Waals surface area contributed by atoms with Crippen LogP contribution in [0, 0.1) is 0 Å². The average molecular weight is 269 g/mol. The Labute approximate surface area is 120 Å². The van der Waals surface area contributed by atoms with Crippen LogP contribution in [-0.4, -0.2) is 61.2 Å². The zero-order valence-electron chi connectivity index (χ0n) is 13.8. The van der Waals surface area contributed by atoms with Gasteiger partial charge in [-0.15, -0.1) is 0 Å². The first-order valence-corrected chi connectivity index (χ1v) is 8.18. The molecule has 1 aliphatic rings. The van der Waals surface area contributed by atoms with Gasteiger partial charge in [-0.05, 0) is 86.6 Å². The van der Waals surface area contributed by atoms with Crippen LogP contribution in [0.15, 0.2) is 0 Å². The van der Waals surface area contributed by atoms with E-state index in [4.69, 9.17) is 0 Å². The van der Waals surface area contributed by atoms with Crippen molar-refractivity contribution in [2.75, 3.05) is 33.2 Å². The summed E-state index contributed by atoms with van der Waals surface area (Å²) >= 11 is 0. The molecule has 0 aromatic heterocycles. The zero-order chi connectivity index (χ0) is 14.3. The van der Waals surface area contributed by atoms with Crippen LogP contribution in [0.2, 0.25) is 0 Å². The van der Waals surface area contributed by atoms with Gasteiger partial charge in [0.2, 0.25) is 0 Å². The minimum atomic E-state index is 0.674. The van der Waals surface area contributed by atoms with E-state index in [2.05, 4.69) is 49.9 Å². The lowest BCUT2D eigenvalue weighted by atomic mass is 10.0. The molecule has 1 N–H and O–H groups in total. The maximum atomic E-state index is 3.74. The predicted octanol–water partition coefficient (Wildman–Crippen LogP) is 2.57. The Hall–Kier alpha value is -0.120. The van der Waals surface area contributed by atoms with E-state index >= 15 is 0 Å². The molecule has 0 spiro atoms. The molecule has 0 aromatic rings. The number of hydrogen-bond acceptors (Lipinski definition) is 3. The highest BCUT2D eigenvalue weighted by molar-refractivity contribution is 4.78. The van der Waals surface area contributed by atoms with Crippen LogP contribution < -0.4 is 5.32 Å². The molecule has 1 aliphatic heterocycles. The van der Waals surface area contributed by atoms with Crippen LogP contribution in [0.5, 0.6) is 0 Å². The fraction of sp³-hybridized carbons (Fsp3) is 1.00. The summed E-state index contributed by atoms with van der Waals surface area (Å²) < 4.78 is 0. The quantitative estimate of drug-likeness (QED) is 0.683. The molecule has 0 unspecified atom stereocenters. The van der Waals surface area contributed by atoms with Crippen LogP contribution >= 0.6 is 0 Å². The molecule has 1 heterocycles. The van der Waals surface area contributed by atoms with E-state index < -0.39 is 0 Å². The second kappa shape index (κ2) is 8.93. The van der Waals surface area contributed by atoms with Gasteiger partial charge in [0.05, 0.1) is 0 Å². The fourth-order valence-corrected chi connectivity index (χ4v) is 2.67. The summed E-state index contributed by atoms with van der Waals surface area (Å²) in [6.45, 7) is 14.1. The SMILES string of the molecule is CC(C)N(C)CCCCNC1CCN(C(C)C)CC1. The molecule has 114 valence electrons. The van der Waals surface area contributed by atoms with Crippen molar-refractivity contribution in [1.82, 2.24) is 15.1 Å². The van der Waals surface area contributed by atoms with Gasteiger partial charge < -0.3 is 15.1 Å². The van der Waals surface area contributed by atoms with Gasteiger partial charge in [-0.3, -0.25) is 0 Å². The minimum absolute atomic E-state index is 0.674. The summed E-state index contributed by atoms with van der Waals surface area (Å²) in [6.07, 6.45) is 5.27. The third kappa shape index (κ3) is 6.73. The largest absolute Gasteiger partial charge is 0.314 e. The highest BCUT2D eigenvalue weighted by Gasteiger charge is 2.19. The number of likely N-dealkylation sites (tertiary alicyclic amines) is 1. The van der Waals surface area contributed by atoms with Gasteiger partial charge in [0.15, 0.2) is 0 Å². The molecular weight excluding hydrogens is 234 g/mol. The van der Waals surface area contributed by atoms with Crippen LogP contribution in [-0.2, 0) is 0 Å². The van der Waals surface area contributed by atoms with Crippen molar-refractivity contribution in [2.24, 2.45) is 0 Å². The normalized spacial score (nSPS) is 18.9. The van der Waals surface area contributed by atoms with E-state index in [1.807, 2.05) is 0 Å². The predicted molar refractivity (Wildman–Crippen MR) is 84.7 cm³/mol. The molecule has 19 heavy (non-hydrogen) atoms. The molecule has 0 bridgehead atoms. The Bertz CT molecular complexity index is 220. The molecule has 1 fully saturated rings. The first kappa shape index (κ1) is 16.9. The van der Waals surface area contributed by atoms with Crippen LogP contribution in [0.4, 0.5) is 0 Å². The Balaban J connectivity index is 1.99. The lowest BCUT2D eigenvalue weighted by Crippen LogP contribution is -2.45. The van der Waals surface area contributed by atoms with E-state index in [1.165, 1.54) is 51.9 Å². The minimum Gasteiger partial charge on any atom is -0.314 e. The molecule has 0 aliphatic carbocycles. The van der Waals surface area contributed by atoms with Crippen molar-refractivity contribution in [1.29, 1.82) is 0 Å². The summed E-state index contributed by atoms with van der Waals surface area (Å²) in [5, 5.41) is 3.74. The molecule has 0 atom stereocenters. The molecule has 3 heteroatoms.